The van der Waals surface area contributed by atoms with Crippen LogP contribution >= 0.6 is 11.6 Å². The maximum absolute atomic E-state index is 14.6. The predicted molar refractivity (Wildman–Crippen MR) is 150 cm³/mol. The number of para-hydroxylation sites is 1. The van der Waals surface area contributed by atoms with Gasteiger partial charge in [0.2, 0.25) is 5.91 Å². The highest BCUT2D eigenvalue weighted by atomic mass is 35.5. The van der Waals surface area contributed by atoms with E-state index in [1.807, 2.05) is 80.6 Å². The highest BCUT2D eigenvalue weighted by Gasteiger charge is 2.69. The number of hydrogen-bond donors (Lipinski definition) is 1. The van der Waals surface area contributed by atoms with E-state index >= 15 is 0 Å². The molecule has 196 valence electrons. The fraction of sp³-hybridized carbons (Fsp3) is 0.344. The van der Waals surface area contributed by atoms with E-state index in [9.17, 15) is 14.4 Å². The third-order valence-corrected chi connectivity index (χ3v) is 8.15. The number of Topliss-reactive ketones (excluding diaryl/α,β-unsaturated/α-hetero) is 1. The number of fused-ring (bicyclic) bond motifs is 2. The van der Waals surface area contributed by atoms with Crippen LogP contribution in [0.1, 0.15) is 67.4 Å². The minimum absolute atomic E-state index is 0.0967. The van der Waals surface area contributed by atoms with Crippen LogP contribution in [0.2, 0.25) is 5.02 Å². The zero-order chi connectivity index (χ0) is 27.0. The molecule has 6 heteroatoms. The number of carbonyl (C=O) groups excluding carboxylic acids is 3. The minimum Gasteiger partial charge on any atom is -0.323 e. The first-order chi connectivity index (χ1) is 18.3. The van der Waals surface area contributed by atoms with E-state index in [0.717, 1.165) is 12.0 Å². The number of hydrogen-bond acceptors (Lipinski definition) is 3. The summed E-state index contributed by atoms with van der Waals surface area (Å²) in [4.78, 5) is 44.9. The summed E-state index contributed by atoms with van der Waals surface area (Å²) in [5.74, 6) is -1.68. The number of likely N-dealkylation sites (tertiary alicyclic amines) is 1. The van der Waals surface area contributed by atoms with Gasteiger partial charge in [0.1, 0.15) is 0 Å². The van der Waals surface area contributed by atoms with Crippen molar-refractivity contribution in [3.8, 4) is 0 Å². The molecule has 3 aromatic rings. The number of rotatable bonds is 7. The van der Waals surface area contributed by atoms with Crippen LogP contribution in [-0.2, 0) is 15.1 Å². The van der Waals surface area contributed by atoms with Gasteiger partial charge in [0.05, 0.1) is 5.92 Å². The first-order valence-electron chi connectivity index (χ1n) is 13.4. The Morgan fingerprint density at radius 3 is 2.29 bits per heavy atom. The summed E-state index contributed by atoms with van der Waals surface area (Å²) in [7, 11) is 0. The van der Waals surface area contributed by atoms with Gasteiger partial charge in [-0.3, -0.25) is 14.4 Å². The van der Waals surface area contributed by atoms with E-state index in [-0.39, 0.29) is 36.0 Å². The maximum Gasteiger partial charge on any atom is 0.255 e. The first kappa shape index (κ1) is 26.2. The van der Waals surface area contributed by atoms with E-state index in [0.29, 0.717) is 28.3 Å². The summed E-state index contributed by atoms with van der Waals surface area (Å²) in [5, 5.41) is 3.64. The number of carbonyl (C=O) groups is 3. The molecule has 0 aliphatic carbocycles. The van der Waals surface area contributed by atoms with Crippen LogP contribution in [0.15, 0.2) is 78.9 Å². The molecule has 0 bridgehead atoms. The molecule has 1 N–H and O–H groups in total. The number of nitrogens with one attached hydrogen (secondary N) is 1. The average molecular weight is 529 g/mol. The van der Waals surface area contributed by atoms with Crippen LogP contribution in [0.25, 0.3) is 0 Å². The van der Waals surface area contributed by atoms with E-state index in [2.05, 4.69) is 12.2 Å². The zero-order valence-electron chi connectivity index (χ0n) is 22.0. The van der Waals surface area contributed by atoms with Crippen LogP contribution < -0.4 is 5.32 Å². The molecule has 2 heterocycles. The molecule has 1 fully saturated rings. The van der Waals surface area contributed by atoms with Gasteiger partial charge in [-0.25, -0.2) is 0 Å². The molecule has 1 spiro atoms. The summed E-state index contributed by atoms with van der Waals surface area (Å²) < 4.78 is 0. The van der Waals surface area contributed by atoms with E-state index < -0.39 is 17.4 Å². The van der Waals surface area contributed by atoms with Crippen LogP contribution in [-0.4, -0.2) is 28.5 Å². The molecule has 0 aromatic heterocycles. The summed E-state index contributed by atoms with van der Waals surface area (Å²) in [6.45, 7) is 6.08. The fourth-order valence-corrected chi connectivity index (χ4v) is 6.66. The molecule has 1 saturated heterocycles. The van der Waals surface area contributed by atoms with Gasteiger partial charge in [-0.2, -0.15) is 0 Å². The quantitative estimate of drug-likeness (QED) is 0.342. The van der Waals surface area contributed by atoms with Gasteiger partial charge in [0.15, 0.2) is 11.3 Å². The largest absolute Gasteiger partial charge is 0.323 e. The highest BCUT2D eigenvalue weighted by Crippen LogP contribution is 2.60. The molecular formula is C32H33ClN2O3. The van der Waals surface area contributed by atoms with Gasteiger partial charge < -0.3 is 10.2 Å². The van der Waals surface area contributed by atoms with Crippen molar-refractivity contribution in [2.75, 3.05) is 5.32 Å². The van der Waals surface area contributed by atoms with E-state index in [1.54, 1.807) is 17.0 Å². The van der Waals surface area contributed by atoms with E-state index in [1.165, 1.54) is 0 Å². The SMILES string of the molecule is CCCC1C(c2ccc(Cl)cc2)C(C(=O)c2ccccc2)C2(C(=O)Nc3ccccc32)N1C(=O)CC(C)C. The van der Waals surface area contributed by atoms with Crippen molar-refractivity contribution < 1.29 is 14.4 Å². The summed E-state index contributed by atoms with van der Waals surface area (Å²) in [5.41, 5.74) is 1.31. The van der Waals surface area contributed by atoms with Crippen LogP contribution in [0, 0.1) is 11.8 Å². The third-order valence-electron chi connectivity index (χ3n) is 7.90. The minimum atomic E-state index is -1.46. The Balaban J connectivity index is 1.84. The second-order valence-corrected chi connectivity index (χ2v) is 11.2. The van der Waals surface area contributed by atoms with Gasteiger partial charge in [0.25, 0.3) is 5.91 Å². The van der Waals surface area contributed by atoms with Gasteiger partial charge in [0, 0.05) is 40.2 Å². The van der Waals surface area contributed by atoms with Crippen LogP contribution in [0.3, 0.4) is 0 Å². The van der Waals surface area contributed by atoms with Crippen molar-refractivity contribution in [2.24, 2.45) is 11.8 Å². The molecular weight excluding hydrogens is 496 g/mol. The Kier molecular flexibility index (Phi) is 7.15. The molecule has 3 aromatic carbocycles. The molecule has 4 atom stereocenters. The second-order valence-electron chi connectivity index (χ2n) is 10.8. The molecule has 5 nitrogen and oxygen atoms in total. The second kappa shape index (κ2) is 10.4. The number of halogens is 1. The van der Waals surface area contributed by atoms with Gasteiger partial charge >= 0.3 is 0 Å². The number of benzene rings is 3. The monoisotopic (exact) mass is 528 g/mol. The molecule has 2 aliphatic heterocycles. The standard InChI is InChI=1S/C32H33ClN2O3/c1-4-10-26-28(21-15-17-23(33)18-16-21)29(30(37)22-11-6-5-7-12-22)32(35(26)27(36)19-20(2)3)24-13-8-9-14-25(24)34-31(32)38/h5-9,11-18,20,26,28-29H,4,10,19H2,1-3H3,(H,34,38). The van der Waals surface area contributed by atoms with Gasteiger partial charge in [-0.15, -0.1) is 0 Å². The summed E-state index contributed by atoms with van der Waals surface area (Å²) >= 11 is 6.26. The van der Waals surface area contributed by atoms with Crippen molar-refractivity contribution >= 4 is 34.9 Å². The average Bonchev–Trinajstić information content (AvgIpc) is 3.36. The number of anilines is 1. The van der Waals surface area contributed by atoms with Crippen molar-refractivity contribution in [1.29, 1.82) is 0 Å². The lowest BCUT2D eigenvalue weighted by Gasteiger charge is -2.39. The van der Waals surface area contributed by atoms with Crippen LogP contribution in [0.5, 0.6) is 0 Å². The van der Waals surface area contributed by atoms with Crippen molar-refractivity contribution in [3.05, 3.63) is 101 Å². The molecule has 2 aliphatic rings. The normalized spacial score (nSPS) is 24.1. The van der Waals surface area contributed by atoms with Gasteiger partial charge in [-0.05, 0) is 36.1 Å². The van der Waals surface area contributed by atoms with Crippen LogP contribution in [0.4, 0.5) is 5.69 Å². The smallest absolute Gasteiger partial charge is 0.255 e. The first-order valence-corrected chi connectivity index (χ1v) is 13.8. The molecule has 2 amide bonds. The molecule has 0 radical (unpaired) electrons. The fourth-order valence-electron chi connectivity index (χ4n) is 6.53. The number of ketones is 1. The highest BCUT2D eigenvalue weighted by molar-refractivity contribution is 6.30. The Morgan fingerprint density at radius 1 is 0.974 bits per heavy atom. The van der Waals surface area contributed by atoms with Crippen molar-refractivity contribution in [2.45, 2.75) is 57.5 Å². The Bertz CT molecular complexity index is 1350. The molecule has 0 saturated carbocycles. The lowest BCUT2D eigenvalue weighted by molar-refractivity contribution is -0.147. The summed E-state index contributed by atoms with van der Waals surface area (Å²) in [6.07, 6.45) is 1.75. The van der Waals surface area contributed by atoms with Gasteiger partial charge in [-0.1, -0.05) is 99.5 Å². The third kappa shape index (κ3) is 4.14. The Morgan fingerprint density at radius 2 is 1.63 bits per heavy atom. The Hall–Kier alpha value is -3.44. The van der Waals surface area contributed by atoms with Crippen molar-refractivity contribution in [3.63, 3.8) is 0 Å². The number of amides is 2. The van der Waals surface area contributed by atoms with Crippen molar-refractivity contribution in [1.82, 2.24) is 4.90 Å². The lowest BCUT2D eigenvalue weighted by Crippen LogP contribution is -2.56. The predicted octanol–water partition coefficient (Wildman–Crippen LogP) is 6.83. The zero-order valence-corrected chi connectivity index (χ0v) is 22.7. The summed E-state index contributed by atoms with van der Waals surface area (Å²) in [6, 6.07) is 23.8. The molecule has 5 rings (SSSR count). The molecule has 4 unspecified atom stereocenters. The Labute approximate surface area is 229 Å². The van der Waals surface area contributed by atoms with E-state index in [4.69, 9.17) is 11.6 Å². The molecule has 38 heavy (non-hydrogen) atoms. The maximum atomic E-state index is 14.6. The topological polar surface area (TPSA) is 66.5 Å². The number of nitrogens with zero attached hydrogens (tertiary/aromatic N) is 1. The lowest BCUT2D eigenvalue weighted by atomic mass is 9.69.